The molecule has 3 heteroatoms. The van der Waals surface area contributed by atoms with Crippen LogP contribution in [-0.2, 0) is 0 Å². The van der Waals surface area contributed by atoms with Crippen molar-refractivity contribution >= 4 is 28.2 Å². The Morgan fingerprint density at radius 1 is 1.14 bits per heavy atom. The first-order valence-electron chi connectivity index (χ1n) is 3.98. The van der Waals surface area contributed by atoms with E-state index in [0.717, 1.165) is 11.1 Å². The highest BCUT2D eigenvalue weighted by atomic mass is 127. The van der Waals surface area contributed by atoms with E-state index in [1.807, 2.05) is 42.5 Å². The highest BCUT2D eigenvalue weighted by Gasteiger charge is 2.06. The van der Waals surface area contributed by atoms with Crippen molar-refractivity contribution in [1.82, 2.24) is 0 Å². The lowest BCUT2D eigenvalue weighted by atomic mass is 10.0. The van der Waals surface area contributed by atoms with Gasteiger partial charge in [0.2, 0.25) is 0 Å². The second-order valence-corrected chi connectivity index (χ2v) is 3.34. The first-order valence-corrected chi connectivity index (χ1v) is 5.50. The summed E-state index contributed by atoms with van der Waals surface area (Å²) in [6.07, 6.45) is 0. The predicted molar refractivity (Wildman–Crippen MR) is 63.5 cm³/mol. The monoisotopic (exact) mass is 294 g/mol. The summed E-state index contributed by atoms with van der Waals surface area (Å²) in [5.41, 5.74) is 1.95. The lowest BCUT2D eigenvalue weighted by molar-refractivity contribution is 1.45. The number of hydrogen-bond acceptors (Lipinski definition) is 2. The van der Waals surface area contributed by atoms with E-state index in [-0.39, 0.29) is 5.57 Å². The third kappa shape index (κ3) is 2.34. The summed E-state index contributed by atoms with van der Waals surface area (Å²) in [7, 11) is 0. The van der Waals surface area contributed by atoms with E-state index >= 15 is 0 Å². The molecule has 0 aliphatic heterocycles. The van der Waals surface area contributed by atoms with Gasteiger partial charge in [-0.2, -0.15) is 10.5 Å². The molecule has 68 valence electrons. The molecule has 0 saturated heterocycles. The van der Waals surface area contributed by atoms with Gasteiger partial charge in [-0.3, -0.25) is 0 Å². The minimum absolute atomic E-state index is 0.200. The Hall–Kier alpha value is -1.33. The van der Waals surface area contributed by atoms with Crippen LogP contribution in [0.5, 0.6) is 0 Å². The molecule has 2 nitrogen and oxygen atoms in total. The molecule has 1 aromatic carbocycles. The van der Waals surface area contributed by atoms with Gasteiger partial charge in [0.1, 0.15) is 17.7 Å². The third-order valence-corrected chi connectivity index (χ3v) is 2.54. The van der Waals surface area contributed by atoms with Crippen molar-refractivity contribution in [2.45, 2.75) is 0 Å². The van der Waals surface area contributed by atoms with Gasteiger partial charge in [-0.25, -0.2) is 0 Å². The van der Waals surface area contributed by atoms with Crippen molar-refractivity contribution in [2.75, 3.05) is 4.43 Å². The molecule has 0 atom stereocenters. The van der Waals surface area contributed by atoms with Crippen LogP contribution in [0.2, 0.25) is 0 Å². The van der Waals surface area contributed by atoms with Crippen molar-refractivity contribution in [2.24, 2.45) is 0 Å². The maximum absolute atomic E-state index is 8.76. The van der Waals surface area contributed by atoms with Crippen LogP contribution in [0.3, 0.4) is 0 Å². The molecule has 0 saturated carbocycles. The zero-order valence-corrected chi connectivity index (χ0v) is 9.52. The van der Waals surface area contributed by atoms with Gasteiger partial charge in [-0.1, -0.05) is 52.9 Å². The summed E-state index contributed by atoms with van der Waals surface area (Å²) < 4.78 is 0.665. The summed E-state index contributed by atoms with van der Waals surface area (Å²) >= 11 is 2.15. The molecule has 0 aromatic heterocycles. The molecule has 0 N–H and O–H groups in total. The van der Waals surface area contributed by atoms with Crippen molar-refractivity contribution in [3.63, 3.8) is 0 Å². The molecule has 0 radical (unpaired) electrons. The Labute approximate surface area is 96.6 Å². The van der Waals surface area contributed by atoms with Crippen LogP contribution < -0.4 is 0 Å². The molecule has 1 aromatic rings. The van der Waals surface area contributed by atoms with Crippen LogP contribution in [0.15, 0.2) is 35.9 Å². The Kier molecular flexibility index (Phi) is 4.15. The van der Waals surface area contributed by atoms with Gasteiger partial charge >= 0.3 is 0 Å². The number of hydrogen-bond donors (Lipinski definition) is 0. The molecule has 0 spiro atoms. The largest absolute Gasteiger partial charge is 0.192 e. The fourth-order valence-electron chi connectivity index (χ4n) is 1.09. The lowest BCUT2D eigenvalue weighted by Gasteiger charge is -2.02. The summed E-state index contributed by atoms with van der Waals surface area (Å²) in [4.78, 5) is 0. The van der Waals surface area contributed by atoms with Crippen molar-refractivity contribution in [3.8, 4) is 12.1 Å². The smallest absolute Gasteiger partial charge is 0.134 e. The average molecular weight is 294 g/mol. The predicted octanol–water partition coefficient (Wildman–Crippen LogP) is 2.92. The Morgan fingerprint density at radius 2 is 1.71 bits per heavy atom. The van der Waals surface area contributed by atoms with Gasteiger partial charge in [-0.05, 0) is 11.1 Å². The van der Waals surface area contributed by atoms with Gasteiger partial charge in [0.15, 0.2) is 0 Å². The normalized spacial score (nSPS) is 8.50. The summed E-state index contributed by atoms with van der Waals surface area (Å²) in [5.74, 6) is 0. The topological polar surface area (TPSA) is 47.6 Å². The second kappa shape index (κ2) is 5.41. The quantitative estimate of drug-likeness (QED) is 0.478. The average Bonchev–Trinajstić information content (AvgIpc) is 2.27. The van der Waals surface area contributed by atoms with Gasteiger partial charge in [0.25, 0.3) is 0 Å². The lowest BCUT2D eigenvalue weighted by Crippen LogP contribution is -1.89. The fourth-order valence-corrected chi connectivity index (χ4v) is 1.91. The Balaban J connectivity index is 3.26. The van der Waals surface area contributed by atoms with Crippen molar-refractivity contribution in [3.05, 3.63) is 41.5 Å². The van der Waals surface area contributed by atoms with Crippen LogP contribution in [0.4, 0.5) is 0 Å². The molecule has 0 aliphatic rings. The van der Waals surface area contributed by atoms with E-state index in [9.17, 15) is 0 Å². The van der Waals surface area contributed by atoms with E-state index in [0.29, 0.717) is 4.43 Å². The number of alkyl halides is 1. The van der Waals surface area contributed by atoms with Crippen LogP contribution in [0.25, 0.3) is 5.57 Å². The molecule has 0 amide bonds. The van der Waals surface area contributed by atoms with E-state index in [4.69, 9.17) is 10.5 Å². The number of nitriles is 2. The first-order chi connectivity index (χ1) is 6.83. The standard InChI is InChI=1S/C11H7IN2/c12-6-11(10(7-13)8-14)9-4-2-1-3-5-9/h1-5H,6H2. The maximum atomic E-state index is 8.76. The van der Waals surface area contributed by atoms with Gasteiger partial charge < -0.3 is 0 Å². The van der Waals surface area contributed by atoms with Crippen LogP contribution in [0.1, 0.15) is 5.56 Å². The molecule has 0 aliphatic carbocycles. The molecule has 1 rings (SSSR count). The molecule has 0 unspecified atom stereocenters. The highest BCUT2D eigenvalue weighted by molar-refractivity contribution is 14.1. The van der Waals surface area contributed by atoms with E-state index in [1.165, 1.54) is 0 Å². The zero-order chi connectivity index (χ0) is 10.4. The molecule has 0 heterocycles. The number of rotatable bonds is 2. The van der Waals surface area contributed by atoms with Crippen LogP contribution in [-0.4, -0.2) is 4.43 Å². The molecule has 0 fully saturated rings. The molecule has 14 heavy (non-hydrogen) atoms. The van der Waals surface area contributed by atoms with E-state index in [1.54, 1.807) is 0 Å². The van der Waals surface area contributed by atoms with Crippen molar-refractivity contribution < 1.29 is 0 Å². The zero-order valence-electron chi connectivity index (χ0n) is 7.37. The van der Waals surface area contributed by atoms with Gasteiger partial charge in [-0.15, -0.1) is 0 Å². The number of nitrogens with zero attached hydrogens (tertiary/aromatic N) is 2. The van der Waals surface area contributed by atoms with Crippen LogP contribution >= 0.6 is 22.6 Å². The van der Waals surface area contributed by atoms with Crippen LogP contribution in [0, 0.1) is 22.7 Å². The second-order valence-electron chi connectivity index (χ2n) is 2.58. The van der Waals surface area contributed by atoms with E-state index in [2.05, 4.69) is 22.6 Å². The van der Waals surface area contributed by atoms with Gasteiger partial charge in [0.05, 0.1) is 0 Å². The Bertz CT molecular complexity index is 405. The van der Waals surface area contributed by atoms with Crippen molar-refractivity contribution in [1.29, 1.82) is 10.5 Å². The number of halogens is 1. The highest BCUT2D eigenvalue weighted by Crippen LogP contribution is 2.20. The van der Waals surface area contributed by atoms with Gasteiger partial charge in [0, 0.05) is 4.43 Å². The minimum Gasteiger partial charge on any atom is -0.192 e. The molecule has 0 bridgehead atoms. The maximum Gasteiger partial charge on any atom is 0.134 e. The molecular weight excluding hydrogens is 287 g/mol. The van der Waals surface area contributed by atoms with E-state index < -0.39 is 0 Å². The number of benzene rings is 1. The fraction of sp³-hybridized carbons (Fsp3) is 0.0909. The third-order valence-electron chi connectivity index (χ3n) is 1.78. The summed E-state index contributed by atoms with van der Waals surface area (Å²) in [6, 6.07) is 13.3. The first kappa shape index (κ1) is 10.7. The minimum atomic E-state index is 0.200. The number of allylic oxidation sites excluding steroid dienone is 2. The SMILES string of the molecule is N#CC(C#N)=C(CI)c1ccccc1. The molecular formula is C11H7IN2. The summed E-state index contributed by atoms with van der Waals surface area (Å²) in [6.45, 7) is 0. The Morgan fingerprint density at radius 3 is 2.14 bits per heavy atom. The summed E-state index contributed by atoms with van der Waals surface area (Å²) in [5, 5.41) is 17.5.